The van der Waals surface area contributed by atoms with E-state index in [0.717, 1.165) is 0 Å². The van der Waals surface area contributed by atoms with Gasteiger partial charge in [-0.25, -0.2) is 0 Å². The molecule has 0 N–H and O–H groups in total. The molecule has 40 heavy (non-hydrogen) atoms. The van der Waals surface area contributed by atoms with Crippen LogP contribution < -0.4 is 0 Å². The lowest BCUT2D eigenvalue weighted by molar-refractivity contribution is 1.18. The molecule has 2 nitrogen and oxygen atoms in total. The fraction of sp³-hybridized carbons (Fsp3) is 0. The van der Waals surface area contributed by atoms with Crippen LogP contribution in [0.3, 0.4) is 0 Å². The van der Waals surface area contributed by atoms with Crippen LogP contribution in [-0.2, 0) is 0 Å². The number of hydrogen-bond acceptors (Lipinski definition) is 0. The third-order valence-corrected chi connectivity index (χ3v) is 8.46. The van der Waals surface area contributed by atoms with Gasteiger partial charge in [0.1, 0.15) is 0 Å². The molecule has 0 aliphatic rings. The average Bonchev–Trinajstić information content (AvgIpc) is 3.53. The summed E-state index contributed by atoms with van der Waals surface area (Å²) in [7, 11) is 0. The number of aromatic nitrogens is 2. The lowest BCUT2D eigenvalue weighted by Crippen LogP contribution is -1.93. The Balaban J connectivity index is 1.50. The topological polar surface area (TPSA) is 9.86 Å². The van der Waals surface area contributed by atoms with Crippen LogP contribution >= 0.6 is 0 Å². The van der Waals surface area contributed by atoms with Gasteiger partial charge < -0.3 is 9.13 Å². The van der Waals surface area contributed by atoms with E-state index in [-0.39, 0.29) is 0 Å². The van der Waals surface area contributed by atoms with Crippen LogP contribution in [0.1, 0.15) is 0 Å². The summed E-state index contributed by atoms with van der Waals surface area (Å²) in [4.78, 5) is 0. The number of benzene rings is 7. The molecule has 0 amide bonds. The molecule has 186 valence electrons. The second kappa shape index (κ2) is 8.08. The summed E-state index contributed by atoms with van der Waals surface area (Å²) in [6, 6.07) is 53.0. The maximum atomic E-state index is 2.42. The number of hydrogen-bond donors (Lipinski definition) is 0. The smallest absolute Gasteiger partial charge is 0.0547 e. The Morgan fingerprint density at radius 3 is 1.57 bits per heavy atom. The van der Waals surface area contributed by atoms with Gasteiger partial charge in [0.15, 0.2) is 0 Å². The first kappa shape index (κ1) is 21.6. The number of para-hydroxylation sites is 4. The molecule has 0 bridgehead atoms. The molecule has 0 aliphatic heterocycles. The van der Waals surface area contributed by atoms with E-state index in [1.807, 2.05) is 0 Å². The van der Waals surface area contributed by atoms with E-state index in [0.29, 0.717) is 0 Å². The zero-order valence-electron chi connectivity index (χ0n) is 21.8. The molecule has 0 aliphatic carbocycles. The molecule has 0 saturated heterocycles. The Kier molecular flexibility index (Phi) is 4.36. The van der Waals surface area contributed by atoms with E-state index in [9.17, 15) is 0 Å². The minimum atomic E-state index is 1.18. The largest absolute Gasteiger partial charge is 0.309 e. The summed E-state index contributed by atoms with van der Waals surface area (Å²) < 4.78 is 4.82. The first-order valence-corrected chi connectivity index (χ1v) is 13.8. The van der Waals surface area contributed by atoms with Crippen LogP contribution in [0.2, 0.25) is 0 Å². The van der Waals surface area contributed by atoms with Crippen molar-refractivity contribution in [2.75, 3.05) is 0 Å². The van der Waals surface area contributed by atoms with Gasteiger partial charge in [-0.1, -0.05) is 91.0 Å². The summed E-state index contributed by atoms with van der Waals surface area (Å²) in [5, 5.41) is 10.3. The van der Waals surface area contributed by atoms with Gasteiger partial charge in [-0.3, -0.25) is 0 Å². The van der Waals surface area contributed by atoms with E-state index in [4.69, 9.17) is 0 Å². The van der Waals surface area contributed by atoms with Crippen molar-refractivity contribution >= 4 is 65.2 Å². The molecular formula is C38H24N2. The zero-order valence-corrected chi connectivity index (χ0v) is 21.8. The molecule has 0 atom stereocenters. The van der Waals surface area contributed by atoms with Crippen molar-refractivity contribution in [1.29, 1.82) is 0 Å². The van der Waals surface area contributed by atoms with E-state index in [1.54, 1.807) is 0 Å². The Labute approximate surface area is 230 Å². The molecule has 0 saturated carbocycles. The van der Waals surface area contributed by atoms with Crippen LogP contribution in [0.4, 0.5) is 0 Å². The molecule has 9 rings (SSSR count). The van der Waals surface area contributed by atoms with Crippen LogP contribution in [0.25, 0.3) is 76.5 Å². The highest BCUT2D eigenvalue weighted by molar-refractivity contribution is 6.29. The highest BCUT2D eigenvalue weighted by Gasteiger charge is 2.18. The predicted molar refractivity (Wildman–Crippen MR) is 170 cm³/mol. The summed E-state index contributed by atoms with van der Waals surface area (Å²) >= 11 is 0. The van der Waals surface area contributed by atoms with Crippen LogP contribution in [0.15, 0.2) is 146 Å². The van der Waals surface area contributed by atoms with Gasteiger partial charge in [-0.2, -0.15) is 0 Å². The fourth-order valence-electron chi connectivity index (χ4n) is 6.78. The standard InChI is InChI=1S/C38H24N2/c1-3-11-27(12-4-1)39-34-18-10-8-16-30(34)38-35(39)22-21-25-19-20-26-23-32-29-15-7-9-17-33(29)40(28-13-5-2-6-14-28)36(32)24-31(26)37(25)38/h1-24H. The maximum absolute atomic E-state index is 2.42. The normalized spacial score (nSPS) is 12.0. The molecule has 0 unspecified atom stereocenters. The van der Waals surface area contributed by atoms with Gasteiger partial charge in [-0.15, -0.1) is 0 Å². The second-order valence-corrected chi connectivity index (χ2v) is 10.6. The quantitative estimate of drug-likeness (QED) is 0.206. The zero-order chi connectivity index (χ0) is 26.2. The molecule has 0 fully saturated rings. The van der Waals surface area contributed by atoms with E-state index in [1.165, 1.54) is 76.5 Å². The first-order valence-electron chi connectivity index (χ1n) is 13.8. The molecular weight excluding hydrogens is 484 g/mol. The van der Waals surface area contributed by atoms with Crippen LogP contribution in [-0.4, -0.2) is 9.13 Å². The number of nitrogens with zero attached hydrogens (tertiary/aromatic N) is 2. The maximum Gasteiger partial charge on any atom is 0.0547 e. The van der Waals surface area contributed by atoms with Crippen molar-refractivity contribution in [2.45, 2.75) is 0 Å². The Hall–Kier alpha value is -5.34. The molecule has 2 aromatic heterocycles. The van der Waals surface area contributed by atoms with Gasteiger partial charge in [0.05, 0.1) is 22.1 Å². The van der Waals surface area contributed by atoms with E-state index in [2.05, 4.69) is 155 Å². The van der Waals surface area contributed by atoms with Gasteiger partial charge in [0.2, 0.25) is 0 Å². The average molecular weight is 509 g/mol. The predicted octanol–water partition coefficient (Wildman–Crippen LogP) is 10.2. The van der Waals surface area contributed by atoms with Crippen LogP contribution in [0, 0.1) is 0 Å². The summed E-state index contributed by atoms with van der Waals surface area (Å²) in [6.07, 6.45) is 0. The van der Waals surface area contributed by atoms with Gasteiger partial charge >= 0.3 is 0 Å². The Morgan fingerprint density at radius 1 is 0.300 bits per heavy atom. The lowest BCUT2D eigenvalue weighted by atomic mass is 9.96. The number of fused-ring (bicyclic) bond motifs is 10. The minimum absolute atomic E-state index is 1.18. The molecule has 7 aromatic carbocycles. The van der Waals surface area contributed by atoms with Crippen molar-refractivity contribution in [3.8, 4) is 11.4 Å². The van der Waals surface area contributed by atoms with Gasteiger partial charge in [-0.05, 0) is 76.1 Å². The Bertz CT molecular complexity index is 2410. The minimum Gasteiger partial charge on any atom is -0.309 e. The van der Waals surface area contributed by atoms with E-state index >= 15 is 0 Å². The summed E-state index contributed by atoms with van der Waals surface area (Å²) in [5.74, 6) is 0. The van der Waals surface area contributed by atoms with Crippen molar-refractivity contribution < 1.29 is 0 Å². The SMILES string of the molecule is c1ccc(-n2c3ccccc3c3cc4ccc5ccc6c(c7ccccc7n6-c6ccccc6)c5c4cc32)cc1. The van der Waals surface area contributed by atoms with Crippen molar-refractivity contribution in [1.82, 2.24) is 9.13 Å². The highest BCUT2D eigenvalue weighted by atomic mass is 15.0. The molecule has 9 aromatic rings. The summed E-state index contributed by atoms with van der Waals surface area (Å²) in [6.45, 7) is 0. The fourth-order valence-corrected chi connectivity index (χ4v) is 6.78. The van der Waals surface area contributed by atoms with Gasteiger partial charge in [0.25, 0.3) is 0 Å². The van der Waals surface area contributed by atoms with E-state index < -0.39 is 0 Å². The highest BCUT2D eigenvalue weighted by Crippen LogP contribution is 2.42. The van der Waals surface area contributed by atoms with Crippen molar-refractivity contribution in [3.63, 3.8) is 0 Å². The van der Waals surface area contributed by atoms with Gasteiger partial charge in [0, 0.05) is 32.9 Å². The molecule has 2 heteroatoms. The van der Waals surface area contributed by atoms with Crippen LogP contribution in [0.5, 0.6) is 0 Å². The lowest BCUT2D eigenvalue weighted by Gasteiger charge is -2.11. The summed E-state index contributed by atoms with van der Waals surface area (Å²) in [5.41, 5.74) is 7.29. The second-order valence-electron chi connectivity index (χ2n) is 10.6. The Morgan fingerprint density at radius 2 is 0.850 bits per heavy atom. The first-order chi connectivity index (χ1) is 19.9. The molecule has 0 spiro atoms. The third-order valence-electron chi connectivity index (χ3n) is 8.46. The van der Waals surface area contributed by atoms with Crippen molar-refractivity contribution in [3.05, 3.63) is 146 Å². The molecule has 2 heterocycles. The number of rotatable bonds is 2. The third kappa shape index (κ3) is 2.88. The van der Waals surface area contributed by atoms with Crippen molar-refractivity contribution in [2.24, 2.45) is 0 Å². The monoisotopic (exact) mass is 508 g/mol. The molecule has 0 radical (unpaired) electrons.